The number of hydrogen-bond acceptors (Lipinski definition) is 2. The van der Waals surface area contributed by atoms with Gasteiger partial charge < -0.3 is 9.73 Å². The van der Waals surface area contributed by atoms with Crippen LogP contribution in [-0.2, 0) is 4.79 Å². The number of anilines is 1. The van der Waals surface area contributed by atoms with E-state index in [4.69, 9.17) is 4.42 Å². The Kier molecular flexibility index (Phi) is 3.63. The average molecular weight is 241 g/mol. The van der Waals surface area contributed by atoms with Crippen LogP contribution in [0.5, 0.6) is 0 Å². The summed E-state index contributed by atoms with van der Waals surface area (Å²) in [6.45, 7) is 4.06. The number of hydrogen-bond donors (Lipinski definition) is 1. The highest BCUT2D eigenvalue weighted by Crippen LogP contribution is 2.14. The summed E-state index contributed by atoms with van der Waals surface area (Å²) in [6.07, 6.45) is 4.66. The lowest BCUT2D eigenvalue weighted by molar-refractivity contribution is -0.111. The van der Waals surface area contributed by atoms with Crippen molar-refractivity contribution in [2.45, 2.75) is 13.8 Å². The highest BCUT2D eigenvalue weighted by molar-refractivity contribution is 6.01. The van der Waals surface area contributed by atoms with Gasteiger partial charge in [-0.2, -0.15) is 0 Å². The maximum atomic E-state index is 11.7. The first-order valence-electron chi connectivity index (χ1n) is 5.75. The molecule has 1 amide bonds. The van der Waals surface area contributed by atoms with Crippen LogP contribution in [0.4, 0.5) is 5.69 Å². The van der Waals surface area contributed by atoms with E-state index in [-0.39, 0.29) is 5.91 Å². The lowest BCUT2D eigenvalue weighted by Gasteiger charge is -2.05. The van der Waals surface area contributed by atoms with Gasteiger partial charge in [-0.3, -0.25) is 4.79 Å². The number of aryl methyl sites for hydroxylation is 2. The maximum absolute atomic E-state index is 11.7. The minimum atomic E-state index is -0.172. The van der Waals surface area contributed by atoms with E-state index in [1.807, 2.05) is 32.0 Å². The van der Waals surface area contributed by atoms with Crippen LogP contribution in [0.15, 0.2) is 47.1 Å². The van der Waals surface area contributed by atoms with Crippen LogP contribution in [-0.4, -0.2) is 5.91 Å². The van der Waals surface area contributed by atoms with Gasteiger partial charge in [0.15, 0.2) is 0 Å². The molecule has 3 heteroatoms. The second-order valence-corrected chi connectivity index (χ2v) is 4.14. The first kappa shape index (κ1) is 12.2. The Morgan fingerprint density at radius 1 is 1.22 bits per heavy atom. The molecule has 0 aliphatic heterocycles. The van der Waals surface area contributed by atoms with Gasteiger partial charge in [0, 0.05) is 11.8 Å². The SMILES string of the molecule is Cc1ccc(NC(=O)/C=C/c2ccco2)cc1C. The Hall–Kier alpha value is -2.29. The molecule has 0 unspecified atom stereocenters. The molecule has 0 aliphatic carbocycles. The fourth-order valence-corrected chi connectivity index (χ4v) is 1.55. The molecule has 2 rings (SSSR count). The summed E-state index contributed by atoms with van der Waals surface area (Å²) < 4.78 is 5.10. The van der Waals surface area contributed by atoms with Crippen molar-refractivity contribution in [1.29, 1.82) is 0 Å². The number of carbonyl (C=O) groups is 1. The Morgan fingerprint density at radius 2 is 2.06 bits per heavy atom. The first-order chi connectivity index (χ1) is 8.65. The second-order valence-electron chi connectivity index (χ2n) is 4.14. The quantitative estimate of drug-likeness (QED) is 0.835. The zero-order valence-electron chi connectivity index (χ0n) is 10.4. The molecular weight excluding hydrogens is 226 g/mol. The summed E-state index contributed by atoms with van der Waals surface area (Å²) in [5.74, 6) is 0.486. The number of furan rings is 1. The molecule has 1 aromatic carbocycles. The van der Waals surface area contributed by atoms with Gasteiger partial charge in [0.25, 0.3) is 0 Å². The predicted molar refractivity (Wildman–Crippen MR) is 72.3 cm³/mol. The third-order valence-corrected chi connectivity index (χ3v) is 2.72. The van der Waals surface area contributed by atoms with Gasteiger partial charge in [0.05, 0.1) is 6.26 Å². The Bertz CT molecular complexity index is 568. The molecule has 1 N–H and O–H groups in total. The molecule has 18 heavy (non-hydrogen) atoms. The minimum Gasteiger partial charge on any atom is -0.465 e. The van der Waals surface area contributed by atoms with Crippen molar-refractivity contribution in [3.63, 3.8) is 0 Å². The fraction of sp³-hybridized carbons (Fsp3) is 0.133. The summed E-state index contributed by atoms with van der Waals surface area (Å²) in [4.78, 5) is 11.7. The van der Waals surface area contributed by atoms with Gasteiger partial charge in [-0.15, -0.1) is 0 Å². The molecule has 1 aromatic heterocycles. The van der Waals surface area contributed by atoms with Gasteiger partial charge in [-0.05, 0) is 55.3 Å². The molecule has 0 saturated carbocycles. The second kappa shape index (κ2) is 5.36. The molecule has 92 valence electrons. The van der Waals surface area contributed by atoms with Crippen molar-refractivity contribution in [3.05, 3.63) is 59.6 Å². The van der Waals surface area contributed by atoms with E-state index >= 15 is 0 Å². The number of carbonyl (C=O) groups excluding carboxylic acids is 1. The van der Waals surface area contributed by atoms with Crippen LogP contribution in [0.3, 0.4) is 0 Å². The summed E-state index contributed by atoms with van der Waals surface area (Å²) in [5, 5.41) is 2.80. The van der Waals surface area contributed by atoms with E-state index in [2.05, 4.69) is 5.32 Å². The summed E-state index contributed by atoms with van der Waals surface area (Å²) in [7, 11) is 0. The Labute approximate surface area is 106 Å². The third kappa shape index (κ3) is 3.10. The van der Waals surface area contributed by atoms with Crippen molar-refractivity contribution in [3.8, 4) is 0 Å². The summed E-state index contributed by atoms with van der Waals surface area (Å²) in [6, 6.07) is 9.40. The molecule has 0 fully saturated rings. The van der Waals surface area contributed by atoms with Gasteiger partial charge in [-0.25, -0.2) is 0 Å². The zero-order valence-corrected chi connectivity index (χ0v) is 10.4. The maximum Gasteiger partial charge on any atom is 0.248 e. The van der Waals surface area contributed by atoms with Crippen molar-refractivity contribution in [2.24, 2.45) is 0 Å². The highest BCUT2D eigenvalue weighted by Gasteiger charge is 2.00. The number of rotatable bonds is 3. The molecule has 0 atom stereocenters. The highest BCUT2D eigenvalue weighted by atomic mass is 16.3. The van der Waals surface area contributed by atoms with Crippen LogP contribution >= 0.6 is 0 Å². The van der Waals surface area contributed by atoms with E-state index in [1.165, 1.54) is 11.6 Å². The molecular formula is C15H15NO2. The van der Waals surface area contributed by atoms with Gasteiger partial charge in [-0.1, -0.05) is 6.07 Å². The molecule has 0 radical (unpaired) electrons. The summed E-state index contributed by atoms with van der Waals surface area (Å²) in [5.41, 5.74) is 3.16. The van der Waals surface area contributed by atoms with E-state index in [9.17, 15) is 4.79 Å². The van der Waals surface area contributed by atoms with Crippen molar-refractivity contribution >= 4 is 17.7 Å². The van der Waals surface area contributed by atoms with E-state index < -0.39 is 0 Å². The van der Waals surface area contributed by atoms with Crippen LogP contribution in [0.25, 0.3) is 6.08 Å². The van der Waals surface area contributed by atoms with Crippen LogP contribution in [0.1, 0.15) is 16.9 Å². The van der Waals surface area contributed by atoms with Crippen LogP contribution < -0.4 is 5.32 Å². The molecule has 1 heterocycles. The lowest BCUT2D eigenvalue weighted by Crippen LogP contribution is -2.07. The Balaban J connectivity index is 2.01. The Morgan fingerprint density at radius 3 is 2.72 bits per heavy atom. The monoisotopic (exact) mass is 241 g/mol. The van der Waals surface area contributed by atoms with Gasteiger partial charge in [0.2, 0.25) is 5.91 Å². The van der Waals surface area contributed by atoms with Crippen molar-refractivity contribution in [2.75, 3.05) is 5.32 Å². The molecule has 2 aromatic rings. The van der Waals surface area contributed by atoms with E-state index in [0.717, 1.165) is 11.3 Å². The molecule has 0 saturated heterocycles. The van der Waals surface area contributed by atoms with Gasteiger partial charge in [0.1, 0.15) is 5.76 Å². The van der Waals surface area contributed by atoms with E-state index in [1.54, 1.807) is 24.5 Å². The average Bonchev–Trinajstić information content (AvgIpc) is 2.84. The molecule has 0 spiro atoms. The minimum absolute atomic E-state index is 0.172. The smallest absolute Gasteiger partial charge is 0.248 e. The number of benzene rings is 1. The summed E-state index contributed by atoms with van der Waals surface area (Å²) >= 11 is 0. The van der Waals surface area contributed by atoms with Gasteiger partial charge >= 0.3 is 0 Å². The van der Waals surface area contributed by atoms with Crippen molar-refractivity contribution in [1.82, 2.24) is 0 Å². The molecule has 0 aliphatic rings. The number of amides is 1. The van der Waals surface area contributed by atoms with Crippen molar-refractivity contribution < 1.29 is 9.21 Å². The topological polar surface area (TPSA) is 42.2 Å². The molecule has 3 nitrogen and oxygen atoms in total. The zero-order chi connectivity index (χ0) is 13.0. The normalized spacial score (nSPS) is 10.8. The molecule has 0 bridgehead atoms. The standard InChI is InChI=1S/C15H15NO2/c1-11-5-6-13(10-12(11)2)16-15(17)8-7-14-4-3-9-18-14/h3-10H,1-2H3,(H,16,17)/b8-7+. The lowest BCUT2D eigenvalue weighted by atomic mass is 10.1. The third-order valence-electron chi connectivity index (χ3n) is 2.72. The fourth-order valence-electron chi connectivity index (χ4n) is 1.55. The van der Waals surface area contributed by atoms with E-state index in [0.29, 0.717) is 5.76 Å². The number of nitrogens with one attached hydrogen (secondary N) is 1. The van der Waals surface area contributed by atoms with Crippen LogP contribution in [0, 0.1) is 13.8 Å². The largest absolute Gasteiger partial charge is 0.465 e. The predicted octanol–water partition coefficient (Wildman–Crippen LogP) is 3.55. The van der Waals surface area contributed by atoms with Crippen LogP contribution in [0.2, 0.25) is 0 Å². The first-order valence-corrected chi connectivity index (χ1v) is 5.75.